The molecule has 1 atom stereocenters. The predicted molar refractivity (Wildman–Crippen MR) is 68.0 cm³/mol. The Hall–Kier alpha value is -1.47. The molecule has 0 bridgehead atoms. The Morgan fingerprint density at radius 3 is 2.25 bits per heavy atom. The second-order valence-electron chi connectivity index (χ2n) is 4.34. The Balaban J connectivity index is 2.29. The summed E-state index contributed by atoms with van der Waals surface area (Å²) >= 11 is 0. The summed E-state index contributed by atoms with van der Waals surface area (Å²) in [5.41, 5.74) is 0. The predicted octanol–water partition coefficient (Wildman–Crippen LogP) is 1.93. The van der Waals surface area contributed by atoms with Crippen LogP contribution in [0.25, 0.3) is 0 Å². The topological polar surface area (TPSA) is 41.9 Å². The third-order valence-corrected chi connectivity index (χ3v) is 2.66. The third kappa shape index (κ3) is 5.66. The van der Waals surface area contributed by atoms with Crippen LogP contribution in [0.5, 0.6) is 11.5 Å². The standard InChI is InChI=1S/C13H18F3NO3/c1-17(9-12(18)13(14,15)16)7-8-20-11-5-3-10(19-2)4-6-11/h3-6,12,18H,7-9H2,1-2H3. The molecule has 1 aromatic rings. The number of hydrogen-bond acceptors (Lipinski definition) is 4. The van der Waals surface area contributed by atoms with Crippen LogP contribution in [0, 0.1) is 0 Å². The Bertz CT molecular complexity index is 395. The van der Waals surface area contributed by atoms with Crippen molar-refractivity contribution in [2.75, 3.05) is 33.9 Å². The van der Waals surface area contributed by atoms with Crippen LogP contribution in [0.3, 0.4) is 0 Å². The van der Waals surface area contributed by atoms with Crippen molar-refractivity contribution in [2.45, 2.75) is 12.3 Å². The van der Waals surface area contributed by atoms with Gasteiger partial charge in [0.25, 0.3) is 0 Å². The van der Waals surface area contributed by atoms with E-state index in [0.717, 1.165) is 0 Å². The first kappa shape index (κ1) is 16.6. The zero-order valence-corrected chi connectivity index (χ0v) is 11.4. The lowest BCUT2D eigenvalue weighted by Crippen LogP contribution is -2.40. The molecule has 0 aliphatic rings. The summed E-state index contributed by atoms with van der Waals surface area (Å²) in [6.07, 6.45) is -6.93. The minimum absolute atomic E-state index is 0.230. The molecule has 1 unspecified atom stereocenters. The molecule has 1 N–H and O–H groups in total. The summed E-state index contributed by atoms with van der Waals surface area (Å²) in [4.78, 5) is 1.36. The maximum absolute atomic E-state index is 12.1. The number of methoxy groups -OCH3 is 1. The van der Waals surface area contributed by atoms with E-state index in [9.17, 15) is 13.2 Å². The number of alkyl halides is 3. The number of ether oxygens (including phenoxy) is 2. The van der Waals surface area contributed by atoms with Gasteiger partial charge in [-0.3, -0.25) is 0 Å². The Morgan fingerprint density at radius 2 is 1.75 bits per heavy atom. The molecule has 0 radical (unpaired) electrons. The minimum Gasteiger partial charge on any atom is -0.497 e. The van der Waals surface area contributed by atoms with Crippen LogP contribution >= 0.6 is 0 Å². The summed E-state index contributed by atoms with van der Waals surface area (Å²) in [7, 11) is 3.04. The zero-order chi connectivity index (χ0) is 15.2. The monoisotopic (exact) mass is 293 g/mol. The van der Waals surface area contributed by atoms with E-state index < -0.39 is 18.8 Å². The first-order valence-electron chi connectivity index (χ1n) is 6.03. The van der Waals surface area contributed by atoms with E-state index in [1.165, 1.54) is 11.9 Å². The van der Waals surface area contributed by atoms with Gasteiger partial charge in [0.1, 0.15) is 18.1 Å². The Kier molecular flexibility index (Phi) is 6.09. The average Bonchev–Trinajstić information content (AvgIpc) is 2.38. The molecule has 0 saturated carbocycles. The second-order valence-corrected chi connectivity index (χ2v) is 4.34. The van der Waals surface area contributed by atoms with Crippen LogP contribution in [0.4, 0.5) is 13.2 Å². The second kappa shape index (κ2) is 7.35. The van der Waals surface area contributed by atoms with Crippen LogP contribution in [-0.4, -0.2) is 56.1 Å². The summed E-state index contributed by atoms with van der Waals surface area (Å²) in [6, 6.07) is 6.88. The molecule has 1 rings (SSSR count). The summed E-state index contributed by atoms with van der Waals surface area (Å²) < 4.78 is 46.8. The van der Waals surface area contributed by atoms with Gasteiger partial charge in [0.05, 0.1) is 7.11 Å². The molecule has 0 amide bonds. The van der Waals surface area contributed by atoms with Crippen LogP contribution in [0.15, 0.2) is 24.3 Å². The number of hydrogen-bond donors (Lipinski definition) is 1. The number of aliphatic hydroxyl groups excluding tert-OH is 1. The van der Waals surface area contributed by atoms with E-state index in [-0.39, 0.29) is 13.2 Å². The summed E-state index contributed by atoms with van der Waals surface area (Å²) in [5.74, 6) is 1.30. The molecule has 0 aromatic heterocycles. The zero-order valence-electron chi connectivity index (χ0n) is 11.4. The molecule has 0 fully saturated rings. The molecule has 0 aliphatic carbocycles. The van der Waals surface area contributed by atoms with Crippen molar-refractivity contribution in [3.63, 3.8) is 0 Å². The molecule has 20 heavy (non-hydrogen) atoms. The van der Waals surface area contributed by atoms with Gasteiger partial charge in [0, 0.05) is 13.1 Å². The van der Waals surface area contributed by atoms with Gasteiger partial charge in [-0.15, -0.1) is 0 Å². The van der Waals surface area contributed by atoms with Gasteiger partial charge >= 0.3 is 6.18 Å². The molecular formula is C13H18F3NO3. The molecular weight excluding hydrogens is 275 g/mol. The number of halogens is 3. The minimum atomic E-state index is -4.59. The molecule has 114 valence electrons. The van der Waals surface area contributed by atoms with Gasteiger partial charge in [-0.05, 0) is 31.3 Å². The fourth-order valence-corrected chi connectivity index (χ4v) is 1.48. The maximum atomic E-state index is 12.1. The van der Waals surface area contributed by atoms with Crippen LogP contribution < -0.4 is 9.47 Å². The van der Waals surface area contributed by atoms with E-state index in [4.69, 9.17) is 14.6 Å². The first-order valence-corrected chi connectivity index (χ1v) is 6.03. The van der Waals surface area contributed by atoms with E-state index in [1.54, 1.807) is 31.4 Å². The van der Waals surface area contributed by atoms with Gasteiger partial charge in [-0.2, -0.15) is 13.2 Å². The van der Waals surface area contributed by atoms with Crippen molar-refractivity contribution < 1.29 is 27.8 Å². The number of nitrogens with zero attached hydrogens (tertiary/aromatic N) is 1. The van der Waals surface area contributed by atoms with Crippen molar-refractivity contribution in [1.82, 2.24) is 4.90 Å². The fraction of sp³-hybridized carbons (Fsp3) is 0.538. The van der Waals surface area contributed by atoms with Crippen molar-refractivity contribution >= 4 is 0 Å². The van der Waals surface area contributed by atoms with Crippen LogP contribution in [0.1, 0.15) is 0 Å². The molecule has 0 heterocycles. The quantitative estimate of drug-likeness (QED) is 0.834. The lowest BCUT2D eigenvalue weighted by molar-refractivity contribution is -0.207. The van der Waals surface area contributed by atoms with Crippen molar-refractivity contribution in [3.8, 4) is 11.5 Å². The fourth-order valence-electron chi connectivity index (χ4n) is 1.48. The molecule has 0 spiro atoms. The average molecular weight is 293 g/mol. The maximum Gasteiger partial charge on any atom is 0.415 e. The first-order chi connectivity index (χ1) is 9.32. The van der Waals surface area contributed by atoms with Gasteiger partial charge < -0.3 is 19.5 Å². The van der Waals surface area contributed by atoms with Gasteiger partial charge in [-0.1, -0.05) is 0 Å². The van der Waals surface area contributed by atoms with Crippen molar-refractivity contribution in [1.29, 1.82) is 0 Å². The Labute approximate surface area is 115 Å². The smallest absolute Gasteiger partial charge is 0.415 e. The normalized spacial score (nSPS) is 13.3. The van der Waals surface area contributed by atoms with Crippen LogP contribution in [0.2, 0.25) is 0 Å². The van der Waals surface area contributed by atoms with E-state index >= 15 is 0 Å². The van der Waals surface area contributed by atoms with Crippen molar-refractivity contribution in [2.24, 2.45) is 0 Å². The van der Waals surface area contributed by atoms with E-state index in [2.05, 4.69) is 0 Å². The highest BCUT2D eigenvalue weighted by Crippen LogP contribution is 2.20. The third-order valence-electron chi connectivity index (χ3n) is 2.66. The lowest BCUT2D eigenvalue weighted by Gasteiger charge is -2.22. The number of likely N-dealkylation sites (N-methyl/N-ethyl adjacent to an activating group) is 1. The van der Waals surface area contributed by atoms with E-state index in [0.29, 0.717) is 11.5 Å². The van der Waals surface area contributed by atoms with Gasteiger partial charge in [0.15, 0.2) is 6.10 Å². The largest absolute Gasteiger partial charge is 0.497 e. The highest BCUT2D eigenvalue weighted by molar-refractivity contribution is 5.31. The van der Waals surface area contributed by atoms with E-state index in [1.807, 2.05) is 0 Å². The Morgan fingerprint density at radius 1 is 1.20 bits per heavy atom. The summed E-state index contributed by atoms with van der Waals surface area (Å²) in [6.45, 7) is 0.0298. The van der Waals surface area contributed by atoms with Gasteiger partial charge in [0.2, 0.25) is 0 Å². The molecule has 7 heteroatoms. The van der Waals surface area contributed by atoms with Crippen LogP contribution in [-0.2, 0) is 0 Å². The number of benzene rings is 1. The number of aliphatic hydroxyl groups is 1. The summed E-state index contributed by atoms with van der Waals surface area (Å²) in [5, 5.41) is 8.91. The van der Waals surface area contributed by atoms with Crippen molar-refractivity contribution in [3.05, 3.63) is 24.3 Å². The number of rotatable bonds is 7. The molecule has 0 saturated heterocycles. The molecule has 4 nitrogen and oxygen atoms in total. The highest BCUT2D eigenvalue weighted by Gasteiger charge is 2.38. The molecule has 1 aromatic carbocycles. The SMILES string of the molecule is COc1ccc(OCCN(C)CC(O)C(F)(F)F)cc1. The lowest BCUT2D eigenvalue weighted by atomic mass is 10.3. The highest BCUT2D eigenvalue weighted by atomic mass is 19.4. The molecule has 0 aliphatic heterocycles. The van der Waals surface area contributed by atoms with Gasteiger partial charge in [-0.25, -0.2) is 0 Å².